The zero-order valence-corrected chi connectivity index (χ0v) is 13.7. The van der Waals surface area contributed by atoms with Crippen LogP contribution in [0.15, 0.2) is 36.7 Å². The van der Waals surface area contributed by atoms with Crippen LogP contribution in [0.5, 0.6) is 0 Å². The van der Waals surface area contributed by atoms with E-state index in [0.717, 1.165) is 22.4 Å². The number of nitrogens with one attached hydrogen (secondary N) is 3. The van der Waals surface area contributed by atoms with Crippen molar-refractivity contribution in [3.8, 4) is 0 Å². The molecule has 0 radical (unpaired) electrons. The van der Waals surface area contributed by atoms with Crippen LogP contribution in [0.1, 0.15) is 34.7 Å². The van der Waals surface area contributed by atoms with Gasteiger partial charge < -0.3 is 5.32 Å². The number of benzene rings is 1. The zero-order valence-electron chi connectivity index (χ0n) is 13.7. The first-order valence-electron chi connectivity index (χ1n) is 7.84. The summed E-state index contributed by atoms with van der Waals surface area (Å²) in [5.41, 5.74) is 11.7. The number of pyridine rings is 1. The number of nitrogens with zero attached hydrogens (tertiary/aromatic N) is 1. The molecule has 5 heteroatoms. The van der Waals surface area contributed by atoms with E-state index < -0.39 is 0 Å². The van der Waals surface area contributed by atoms with Gasteiger partial charge in [-0.3, -0.25) is 9.78 Å². The Balaban J connectivity index is 1.68. The summed E-state index contributed by atoms with van der Waals surface area (Å²) in [6.45, 7) is 6.11. The van der Waals surface area contributed by atoms with E-state index in [1.54, 1.807) is 12.4 Å². The standard InChI is InChI=1S/C18H22N4O/c1-11-8-12(2)17(13(3)9-11)20-18(23)16-10-15(21-22-16)14-4-6-19-7-5-14/h4-9,15-16,21-22H,10H2,1-3H3,(H,20,23). The van der Waals surface area contributed by atoms with Crippen LogP contribution in [0, 0.1) is 20.8 Å². The van der Waals surface area contributed by atoms with Crippen molar-refractivity contribution in [3.05, 3.63) is 58.9 Å². The number of carbonyl (C=O) groups is 1. The fourth-order valence-electron chi connectivity index (χ4n) is 3.13. The van der Waals surface area contributed by atoms with Gasteiger partial charge >= 0.3 is 0 Å². The zero-order chi connectivity index (χ0) is 16.4. The van der Waals surface area contributed by atoms with Crippen molar-refractivity contribution in [1.29, 1.82) is 0 Å². The Morgan fingerprint density at radius 3 is 2.43 bits per heavy atom. The van der Waals surface area contributed by atoms with Crippen molar-refractivity contribution in [2.45, 2.75) is 39.3 Å². The molecular weight excluding hydrogens is 288 g/mol. The number of aryl methyl sites for hydroxylation is 3. The summed E-state index contributed by atoms with van der Waals surface area (Å²) in [6.07, 6.45) is 4.24. The van der Waals surface area contributed by atoms with Crippen molar-refractivity contribution in [2.24, 2.45) is 0 Å². The summed E-state index contributed by atoms with van der Waals surface area (Å²) in [5.74, 6) is -0.0101. The molecule has 1 aromatic carbocycles. The van der Waals surface area contributed by atoms with Gasteiger partial charge in [0.2, 0.25) is 5.91 Å². The lowest BCUT2D eigenvalue weighted by Gasteiger charge is -2.15. The van der Waals surface area contributed by atoms with Crippen LogP contribution >= 0.6 is 0 Å². The van der Waals surface area contributed by atoms with Crippen molar-refractivity contribution < 1.29 is 4.79 Å². The number of rotatable bonds is 3. The van der Waals surface area contributed by atoms with E-state index in [9.17, 15) is 4.79 Å². The van der Waals surface area contributed by atoms with Crippen LogP contribution < -0.4 is 16.2 Å². The normalized spacial score (nSPS) is 20.5. The highest BCUT2D eigenvalue weighted by atomic mass is 16.2. The highest BCUT2D eigenvalue weighted by molar-refractivity contribution is 5.96. The number of carbonyl (C=O) groups excluding carboxylic acids is 1. The maximum atomic E-state index is 12.6. The molecule has 3 rings (SSSR count). The first-order chi connectivity index (χ1) is 11.0. The molecule has 1 amide bonds. The number of hydrogen-bond donors (Lipinski definition) is 3. The van der Waals surface area contributed by atoms with Crippen LogP contribution in [-0.4, -0.2) is 16.9 Å². The smallest absolute Gasteiger partial charge is 0.242 e. The number of amides is 1. The number of hydrazine groups is 1. The molecule has 1 aliphatic heterocycles. The second kappa shape index (κ2) is 6.48. The monoisotopic (exact) mass is 310 g/mol. The molecule has 0 bridgehead atoms. The van der Waals surface area contributed by atoms with Gasteiger partial charge in [0.25, 0.3) is 0 Å². The summed E-state index contributed by atoms with van der Waals surface area (Å²) in [6, 6.07) is 7.97. The van der Waals surface area contributed by atoms with Crippen LogP contribution in [0.2, 0.25) is 0 Å². The minimum absolute atomic E-state index is 0.0101. The molecule has 1 saturated heterocycles. The highest BCUT2D eigenvalue weighted by Crippen LogP contribution is 2.25. The third-order valence-electron chi connectivity index (χ3n) is 4.25. The SMILES string of the molecule is Cc1cc(C)c(NC(=O)C2CC(c3ccncc3)NN2)c(C)c1. The van der Waals surface area contributed by atoms with Gasteiger partial charge in [-0.15, -0.1) is 0 Å². The quantitative estimate of drug-likeness (QED) is 0.815. The fraction of sp³-hybridized carbons (Fsp3) is 0.333. The molecule has 2 atom stereocenters. The summed E-state index contributed by atoms with van der Waals surface area (Å²) in [7, 11) is 0. The summed E-state index contributed by atoms with van der Waals surface area (Å²) >= 11 is 0. The van der Waals surface area contributed by atoms with Gasteiger partial charge in [0.1, 0.15) is 6.04 Å². The maximum Gasteiger partial charge on any atom is 0.242 e. The van der Waals surface area contributed by atoms with E-state index >= 15 is 0 Å². The molecule has 2 unspecified atom stereocenters. The van der Waals surface area contributed by atoms with Crippen molar-refractivity contribution >= 4 is 11.6 Å². The van der Waals surface area contributed by atoms with Crippen LogP contribution in [0.25, 0.3) is 0 Å². The molecule has 120 valence electrons. The largest absolute Gasteiger partial charge is 0.324 e. The molecule has 1 aliphatic rings. The second-order valence-corrected chi connectivity index (χ2v) is 6.17. The lowest BCUT2D eigenvalue weighted by molar-refractivity contribution is -0.117. The first-order valence-corrected chi connectivity index (χ1v) is 7.84. The minimum atomic E-state index is -0.256. The van der Waals surface area contributed by atoms with Crippen LogP contribution in [0.4, 0.5) is 5.69 Å². The average molecular weight is 310 g/mol. The van der Waals surface area contributed by atoms with Crippen molar-refractivity contribution in [3.63, 3.8) is 0 Å². The highest BCUT2D eigenvalue weighted by Gasteiger charge is 2.30. The van der Waals surface area contributed by atoms with Gasteiger partial charge in [0.15, 0.2) is 0 Å². The van der Waals surface area contributed by atoms with Crippen molar-refractivity contribution in [2.75, 3.05) is 5.32 Å². The molecule has 5 nitrogen and oxygen atoms in total. The molecule has 2 heterocycles. The molecule has 1 fully saturated rings. The predicted octanol–water partition coefficient (Wildman–Crippen LogP) is 2.55. The molecule has 2 aromatic rings. The third-order valence-corrected chi connectivity index (χ3v) is 4.25. The maximum absolute atomic E-state index is 12.6. The average Bonchev–Trinajstić information content (AvgIpc) is 3.01. The topological polar surface area (TPSA) is 66.0 Å². The Bertz CT molecular complexity index is 691. The van der Waals surface area contributed by atoms with Crippen LogP contribution in [-0.2, 0) is 4.79 Å². The third kappa shape index (κ3) is 3.41. The fourth-order valence-corrected chi connectivity index (χ4v) is 3.13. The van der Waals surface area contributed by atoms with Gasteiger partial charge in [-0.25, -0.2) is 10.9 Å². The number of aromatic nitrogens is 1. The predicted molar refractivity (Wildman–Crippen MR) is 90.9 cm³/mol. The lowest BCUT2D eigenvalue weighted by Crippen LogP contribution is -2.39. The van der Waals surface area contributed by atoms with E-state index in [0.29, 0.717) is 6.42 Å². The minimum Gasteiger partial charge on any atom is -0.324 e. The molecule has 3 N–H and O–H groups in total. The van der Waals surface area contributed by atoms with E-state index in [-0.39, 0.29) is 18.0 Å². The van der Waals surface area contributed by atoms with E-state index in [2.05, 4.69) is 40.2 Å². The first kappa shape index (κ1) is 15.6. The Hall–Kier alpha value is -2.24. The summed E-state index contributed by atoms with van der Waals surface area (Å²) < 4.78 is 0. The second-order valence-electron chi connectivity index (χ2n) is 6.17. The van der Waals surface area contributed by atoms with E-state index in [4.69, 9.17) is 0 Å². The molecule has 0 saturated carbocycles. The summed E-state index contributed by atoms with van der Waals surface area (Å²) in [4.78, 5) is 16.6. The Kier molecular flexibility index (Phi) is 4.41. The van der Waals surface area contributed by atoms with Gasteiger partial charge in [-0.2, -0.15) is 0 Å². The summed E-state index contributed by atoms with van der Waals surface area (Å²) in [5, 5.41) is 3.07. The van der Waals surface area contributed by atoms with Crippen LogP contribution in [0.3, 0.4) is 0 Å². The Morgan fingerprint density at radius 1 is 1.13 bits per heavy atom. The Morgan fingerprint density at radius 2 is 1.78 bits per heavy atom. The number of anilines is 1. The van der Waals surface area contributed by atoms with Gasteiger partial charge in [0, 0.05) is 24.1 Å². The molecular formula is C18H22N4O. The molecule has 1 aromatic heterocycles. The van der Waals surface area contributed by atoms with E-state index in [1.165, 1.54) is 5.56 Å². The van der Waals surface area contributed by atoms with Gasteiger partial charge in [0.05, 0.1) is 0 Å². The van der Waals surface area contributed by atoms with Gasteiger partial charge in [-0.1, -0.05) is 17.7 Å². The van der Waals surface area contributed by atoms with Gasteiger partial charge in [-0.05, 0) is 56.0 Å². The van der Waals surface area contributed by atoms with E-state index in [1.807, 2.05) is 26.0 Å². The lowest BCUT2D eigenvalue weighted by atomic mass is 10.0. The molecule has 0 aliphatic carbocycles. The number of hydrogen-bond acceptors (Lipinski definition) is 4. The molecule has 0 spiro atoms. The molecule has 23 heavy (non-hydrogen) atoms. The Labute approximate surface area is 136 Å². The van der Waals surface area contributed by atoms with Crippen molar-refractivity contribution in [1.82, 2.24) is 15.8 Å².